The average molecular weight is 302 g/mol. The molecule has 0 heterocycles. The largest absolute Gasteiger partial charge is 0.396 e. The van der Waals surface area contributed by atoms with Crippen LogP contribution in [0.1, 0.15) is 35.2 Å². The van der Waals surface area contributed by atoms with Gasteiger partial charge in [0, 0.05) is 30.7 Å². The Kier molecular flexibility index (Phi) is 4.50. The topological polar surface area (TPSA) is 52.6 Å². The predicted octanol–water partition coefficient (Wildman–Crippen LogP) is 1.88. The lowest BCUT2D eigenvalue weighted by Gasteiger charge is -2.30. The van der Waals surface area contributed by atoms with Crippen molar-refractivity contribution in [2.75, 3.05) is 20.7 Å². The van der Waals surface area contributed by atoms with Crippen molar-refractivity contribution in [3.63, 3.8) is 0 Å². The molecule has 0 saturated heterocycles. The molecule has 4 atom stereocenters. The number of nitrogens with one attached hydrogen (secondary N) is 1. The Morgan fingerprint density at radius 2 is 1.91 bits per heavy atom. The van der Waals surface area contributed by atoms with Crippen LogP contribution in [0.25, 0.3) is 0 Å². The number of amides is 1. The highest BCUT2D eigenvalue weighted by Gasteiger charge is 2.47. The number of hydrogen-bond acceptors (Lipinski definition) is 3. The molecular weight excluding hydrogens is 276 g/mol. The van der Waals surface area contributed by atoms with Crippen molar-refractivity contribution in [2.24, 2.45) is 17.8 Å². The number of aliphatic hydroxyl groups excluding tert-OH is 1. The Morgan fingerprint density at radius 3 is 2.55 bits per heavy atom. The second-order valence-electron chi connectivity index (χ2n) is 7.11. The molecule has 2 aliphatic carbocycles. The average Bonchev–Trinajstić information content (AvgIpc) is 3.08. The minimum atomic E-state index is -0.00703. The number of nitrogens with zero attached hydrogens (tertiary/aromatic N) is 1. The maximum atomic E-state index is 12.5. The number of rotatable bonds is 5. The van der Waals surface area contributed by atoms with Crippen molar-refractivity contribution in [1.82, 2.24) is 10.2 Å². The summed E-state index contributed by atoms with van der Waals surface area (Å²) < 4.78 is 0. The highest BCUT2D eigenvalue weighted by atomic mass is 16.3. The summed E-state index contributed by atoms with van der Waals surface area (Å²) in [5, 5.41) is 12.8. The Balaban J connectivity index is 1.64. The van der Waals surface area contributed by atoms with Gasteiger partial charge in [0.15, 0.2) is 0 Å². The van der Waals surface area contributed by atoms with E-state index in [4.69, 9.17) is 0 Å². The van der Waals surface area contributed by atoms with E-state index in [1.165, 1.54) is 18.4 Å². The van der Waals surface area contributed by atoms with Crippen LogP contribution in [0.4, 0.5) is 0 Å². The normalized spacial score (nSPS) is 30.0. The molecule has 120 valence electrons. The van der Waals surface area contributed by atoms with E-state index in [1.807, 2.05) is 38.4 Å². The summed E-state index contributed by atoms with van der Waals surface area (Å²) in [5.41, 5.74) is 1.91. The number of carbonyl (C=O) groups is 1. The van der Waals surface area contributed by atoms with E-state index < -0.39 is 0 Å². The first-order valence-electron chi connectivity index (χ1n) is 8.24. The predicted molar refractivity (Wildman–Crippen MR) is 86.5 cm³/mol. The molecular formula is C18H26N2O2. The van der Waals surface area contributed by atoms with Crippen molar-refractivity contribution in [1.29, 1.82) is 0 Å². The Hall–Kier alpha value is -1.39. The second kappa shape index (κ2) is 6.39. The van der Waals surface area contributed by atoms with Crippen LogP contribution >= 0.6 is 0 Å². The maximum Gasteiger partial charge on any atom is 0.251 e. The van der Waals surface area contributed by atoms with Crippen molar-refractivity contribution in [3.8, 4) is 0 Å². The van der Waals surface area contributed by atoms with Gasteiger partial charge < -0.3 is 15.3 Å². The van der Waals surface area contributed by atoms with Gasteiger partial charge in [0.1, 0.15) is 0 Å². The summed E-state index contributed by atoms with van der Waals surface area (Å²) in [6.45, 7) is 1.06. The van der Waals surface area contributed by atoms with E-state index >= 15 is 0 Å². The Labute approximate surface area is 132 Å². The summed E-state index contributed by atoms with van der Waals surface area (Å²) in [6.07, 6.45) is 3.56. The van der Waals surface area contributed by atoms with Crippen LogP contribution in [0.15, 0.2) is 24.3 Å². The zero-order chi connectivity index (χ0) is 15.7. The van der Waals surface area contributed by atoms with Crippen LogP contribution in [0, 0.1) is 17.8 Å². The van der Waals surface area contributed by atoms with Crippen LogP contribution in [0.5, 0.6) is 0 Å². The number of hydrogen-bond donors (Lipinski definition) is 2. The molecule has 0 aliphatic heterocycles. The molecule has 4 unspecified atom stereocenters. The van der Waals surface area contributed by atoms with E-state index in [0.717, 1.165) is 13.0 Å². The van der Waals surface area contributed by atoms with Crippen molar-refractivity contribution < 1.29 is 9.90 Å². The third kappa shape index (κ3) is 3.03. The molecule has 0 radical (unpaired) electrons. The second-order valence-corrected chi connectivity index (χ2v) is 7.11. The first-order valence-corrected chi connectivity index (χ1v) is 8.24. The maximum absolute atomic E-state index is 12.5. The highest BCUT2D eigenvalue weighted by Crippen LogP contribution is 2.48. The fourth-order valence-corrected chi connectivity index (χ4v) is 4.26. The molecule has 2 aliphatic rings. The van der Waals surface area contributed by atoms with E-state index in [-0.39, 0.29) is 24.5 Å². The Bertz CT molecular complexity index is 526. The van der Waals surface area contributed by atoms with E-state index in [1.54, 1.807) is 0 Å². The quantitative estimate of drug-likeness (QED) is 0.873. The number of fused-ring (bicyclic) bond motifs is 2. The summed E-state index contributed by atoms with van der Waals surface area (Å²) >= 11 is 0. The lowest BCUT2D eigenvalue weighted by Crippen LogP contribution is -2.45. The van der Waals surface area contributed by atoms with Crippen LogP contribution in [-0.2, 0) is 6.54 Å². The molecule has 0 spiro atoms. The van der Waals surface area contributed by atoms with Crippen molar-refractivity contribution in [3.05, 3.63) is 35.4 Å². The van der Waals surface area contributed by atoms with Gasteiger partial charge in [-0.3, -0.25) is 4.79 Å². The van der Waals surface area contributed by atoms with E-state index in [0.29, 0.717) is 17.4 Å². The van der Waals surface area contributed by atoms with Gasteiger partial charge in [0.05, 0.1) is 0 Å². The molecule has 2 fully saturated rings. The number of carbonyl (C=O) groups excluding carboxylic acids is 1. The molecule has 0 aromatic heterocycles. The zero-order valence-electron chi connectivity index (χ0n) is 13.5. The smallest absolute Gasteiger partial charge is 0.251 e. The van der Waals surface area contributed by atoms with Gasteiger partial charge in [-0.05, 0) is 62.9 Å². The molecule has 1 aromatic carbocycles. The van der Waals surface area contributed by atoms with Gasteiger partial charge in [-0.25, -0.2) is 0 Å². The third-order valence-electron chi connectivity index (χ3n) is 5.31. The molecule has 2 N–H and O–H groups in total. The van der Waals surface area contributed by atoms with Crippen LogP contribution in [0.3, 0.4) is 0 Å². The molecule has 1 aromatic rings. The highest BCUT2D eigenvalue weighted by molar-refractivity contribution is 5.94. The molecule has 3 rings (SSSR count). The Morgan fingerprint density at radius 1 is 1.23 bits per heavy atom. The zero-order valence-corrected chi connectivity index (χ0v) is 13.5. The summed E-state index contributed by atoms with van der Waals surface area (Å²) in [5.74, 6) is 1.39. The standard InChI is InChI=1S/C18H26N2O2/c1-20(2)10-12-3-5-13(6-4-12)18(22)19-17-15-8-7-14(9-15)16(17)11-21/h3-6,14-17,21H,7-11H2,1-2H3,(H,19,22). The van der Waals surface area contributed by atoms with Crippen molar-refractivity contribution in [2.45, 2.75) is 31.8 Å². The van der Waals surface area contributed by atoms with E-state index in [9.17, 15) is 9.90 Å². The fraction of sp³-hybridized carbons (Fsp3) is 0.611. The van der Waals surface area contributed by atoms with Gasteiger partial charge >= 0.3 is 0 Å². The summed E-state index contributed by atoms with van der Waals surface area (Å²) in [6, 6.07) is 7.97. The first kappa shape index (κ1) is 15.5. The molecule has 22 heavy (non-hydrogen) atoms. The molecule has 2 saturated carbocycles. The molecule has 4 nitrogen and oxygen atoms in total. The fourth-order valence-electron chi connectivity index (χ4n) is 4.26. The summed E-state index contributed by atoms with van der Waals surface area (Å²) in [4.78, 5) is 14.6. The first-order chi connectivity index (χ1) is 10.6. The van der Waals surface area contributed by atoms with Crippen LogP contribution in [-0.4, -0.2) is 42.7 Å². The monoisotopic (exact) mass is 302 g/mol. The van der Waals surface area contributed by atoms with Gasteiger partial charge in [0.2, 0.25) is 0 Å². The molecule has 2 bridgehead atoms. The third-order valence-corrected chi connectivity index (χ3v) is 5.31. The van der Waals surface area contributed by atoms with Gasteiger partial charge in [-0.1, -0.05) is 12.1 Å². The minimum absolute atomic E-state index is 0.00703. The minimum Gasteiger partial charge on any atom is -0.396 e. The number of benzene rings is 1. The van der Waals surface area contributed by atoms with Crippen LogP contribution < -0.4 is 5.32 Å². The molecule has 1 amide bonds. The molecule has 4 heteroatoms. The SMILES string of the molecule is CN(C)Cc1ccc(C(=O)NC2C3CCC(C3)C2CO)cc1. The number of aliphatic hydroxyl groups is 1. The lowest BCUT2D eigenvalue weighted by atomic mass is 9.85. The van der Waals surface area contributed by atoms with Gasteiger partial charge in [-0.2, -0.15) is 0 Å². The van der Waals surface area contributed by atoms with Crippen LogP contribution in [0.2, 0.25) is 0 Å². The van der Waals surface area contributed by atoms with E-state index in [2.05, 4.69) is 10.2 Å². The van der Waals surface area contributed by atoms with Gasteiger partial charge in [0.25, 0.3) is 5.91 Å². The lowest BCUT2D eigenvalue weighted by molar-refractivity contribution is 0.0861. The summed E-state index contributed by atoms with van der Waals surface area (Å²) in [7, 11) is 4.07. The van der Waals surface area contributed by atoms with Crippen molar-refractivity contribution >= 4 is 5.91 Å². The van der Waals surface area contributed by atoms with Gasteiger partial charge in [-0.15, -0.1) is 0 Å².